The zero-order valence-corrected chi connectivity index (χ0v) is 44.1. The molecule has 6 amide bonds. The summed E-state index contributed by atoms with van der Waals surface area (Å²) in [4.78, 5) is 60.7. The summed E-state index contributed by atoms with van der Waals surface area (Å²) < 4.78 is 0. The lowest BCUT2D eigenvalue weighted by molar-refractivity contribution is -0.140. The SMILES string of the molecule is CC(C)CC1C2=C(CCN1C(=O)C1CCC(CN(C)C(=O)NC(C)(C)C)CC1)c1ccccc1C2.CN(CC1CCC(C(=O)N2CCC3=C(Cc4ccccc43)C2C2CC2)CC1)C(=O)NC(C)(C)C. The van der Waals surface area contributed by atoms with Crippen molar-refractivity contribution in [2.75, 3.05) is 40.3 Å². The van der Waals surface area contributed by atoms with Crippen molar-refractivity contribution in [2.45, 2.75) is 175 Å². The maximum absolute atomic E-state index is 13.8. The number of hydrogen-bond donors (Lipinski definition) is 2. The van der Waals surface area contributed by atoms with Crippen LogP contribution >= 0.6 is 0 Å². The van der Waals surface area contributed by atoms with Gasteiger partial charge in [0.15, 0.2) is 0 Å². The molecule has 5 aliphatic carbocycles. The molecule has 0 spiro atoms. The van der Waals surface area contributed by atoms with Gasteiger partial charge in [0.1, 0.15) is 0 Å². The molecule has 69 heavy (non-hydrogen) atoms. The molecule has 7 aliphatic rings. The molecule has 10 heteroatoms. The molecule has 376 valence electrons. The van der Waals surface area contributed by atoms with Crippen LogP contribution in [0.1, 0.15) is 161 Å². The quantitative estimate of drug-likeness (QED) is 0.261. The van der Waals surface area contributed by atoms with E-state index in [2.05, 4.69) is 82.8 Å². The molecule has 0 saturated heterocycles. The predicted molar refractivity (Wildman–Crippen MR) is 279 cm³/mol. The molecular weight excluding hydrogens is 857 g/mol. The normalized spacial score (nSPS) is 25.5. The number of urea groups is 2. The van der Waals surface area contributed by atoms with Gasteiger partial charge in [-0.15, -0.1) is 0 Å². The fourth-order valence-electron chi connectivity index (χ4n) is 12.8. The van der Waals surface area contributed by atoms with Gasteiger partial charge in [-0.3, -0.25) is 9.59 Å². The Balaban J connectivity index is 0.000000186. The summed E-state index contributed by atoms with van der Waals surface area (Å²) in [5, 5.41) is 6.09. The van der Waals surface area contributed by atoms with Crippen molar-refractivity contribution < 1.29 is 19.2 Å². The second-order valence-corrected chi connectivity index (χ2v) is 24.7. The fraction of sp³-hybridized carbons (Fsp3) is 0.661. The molecule has 2 aromatic rings. The average Bonchev–Trinajstić information content (AvgIpc) is 3.96. The number of nitrogens with one attached hydrogen (secondary N) is 2. The van der Waals surface area contributed by atoms with Crippen LogP contribution in [0.15, 0.2) is 59.7 Å². The zero-order chi connectivity index (χ0) is 49.4. The van der Waals surface area contributed by atoms with E-state index in [1.165, 1.54) is 51.8 Å². The Hall–Kier alpha value is -4.60. The van der Waals surface area contributed by atoms with Gasteiger partial charge in [0.25, 0.3) is 0 Å². The molecule has 2 N–H and O–H groups in total. The number of nitrogens with zero attached hydrogens (tertiary/aromatic N) is 4. The number of benzene rings is 2. The molecule has 2 unspecified atom stereocenters. The van der Waals surface area contributed by atoms with Gasteiger partial charge >= 0.3 is 12.1 Å². The van der Waals surface area contributed by atoms with E-state index in [-0.39, 0.29) is 41.0 Å². The number of hydrogen-bond acceptors (Lipinski definition) is 4. The molecular formula is C59H86N6O4. The van der Waals surface area contributed by atoms with E-state index in [9.17, 15) is 19.2 Å². The summed E-state index contributed by atoms with van der Waals surface area (Å²) in [7, 11) is 3.77. The molecule has 0 aromatic heterocycles. The summed E-state index contributed by atoms with van der Waals surface area (Å²) in [6.45, 7) is 19.8. The highest BCUT2D eigenvalue weighted by Gasteiger charge is 2.46. The first-order chi connectivity index (χ1) is 32.7. The highest BCUT2D eigenvalue weighted by atomic mass is 16.2. The van der Waals surface area contributed by atoms with E-state index in [1.807, 2.05) is 65.4 Å². The smallest absolute Gasteiger partial charge is 0.317 e. The number of fused-ring (bicyclic) bond motifs is 4. The van der Waals surface area contributed by atoms with Crippen LogP contribution in [0.25, 0.3) is 11.1 Å². The van der Waals surface area contributed by atoms with Gasteiger partial charge < -0.3 is 30.2 Å². The van der Waals surface area contributed by atoms with Crippen LogP contribution in [0.5, 0.6) is 0 Å². The molecule has 3 fully saturated rings. The highest BCUT2D eigenvalue weighted by Crippen LogP contribution is 2.49. The van der Waals surface area contributed by atoms with Gasteiger partial charge in [-0.2, -0.15) is 0 Å². The van der Waals surface area contributed by atoms with E-state index >= 15 is 0 Å². The molecule has 3 saturated carbocycles. The highest BCUT2D eigenvalue weighted by molar-refractivity contribution is 5.86. The van der Waals surface area contributed by atoms with Gasteiger partial charge in [-0.05, 0) is 206 Å². The van der Waals surface area contributed by atoms with E-state index in [0.717, 1.165) is 110 Å². The van der Waals surface area contributed by atoms with Crippen LogP contribution in [0.2, 0.25) is 0 Å². The Bertz CT molecular complexity index is 2260. The maximum Gasteiger partial charge on any atom is 0.317 e. The first-order valence-corrected chi connectivity index (χ1v) is 27.0. The third kappa shape index (κ3) is 12.1. The lowest BCUT2D eigenvalue weighted by Crippen LogP contribution is -2.50. The molecule has 2 aromatic carbocycles. The van der Waals surface area contributed by atoms with Gasteiger partial charge in [0.05, 0.1) is 12.1 Å². The average molecular weight is 943 g/mol. The first-order valence-electron chi connectivity index (χ1n) is 27.0. The van der Waals surface area contributed by atoms with Gasteiger partial charge in [-0.1, -0.05) is 62.4 Å². The fourth-order valence-corrected chi connectivity index (χ4v) is 12.8. The molecule has 2 atom stereocenters. The minimum Gasteiger partial charge on any atom is -0.335 e. The van der Waals surface area contributed by atoms with Crippen molar-refractivity contribution in [1.29, 1.82) is 0 Å². The lowest BCUT2D eigenvalue weighted by atomic mass is 9.80. The molecule has 9 rings (SSSR count). The van der Waals surface area contributed by atoms with Crippen molar-refractivity contribution in [3.63, 3.8) is 0 Å². The van der Waals surface area contributed by atoms with Crippen LogP contribution < -0.4 is 10.6 Å². The number of carbonyl (C=O) groups excluding carboxylic acids is 4. The van der Waals surface area contributed by atoms with Gasteiger partial charge in [0.2, 0.25) is 11.8 Å². The second-order valence-electron chi connectivity index (χ2n) is 24.7. The molecule has 2 heterocycles. The minimum absolute atomic E-state index is 0.00655. The Morgan fingerprint density at radius 2 is 1.01 bits per heavy atom. The lowest BCUT2D eigenvalue weighted by Gasteiger charge is -2.41. The van der Waals surface area contributed by atoms with Crippen LogP contribution in [-0.4, -0.2) is 107 Å². The van der Waals surface area contributed by atoms with Gasteiger partial charge in [-0.25, -0.2) is 9.59 Å². The van der Waals surface area contributed by atoms with Crippen molar-refractivity contribution in [3.05, 3.63) is 81.9 Å². The number of carbonyl (C=O) groups is 4. The third-order valence-corrected chi connectivity index (χ3v) is 16.3. The Morgan fingerprint density at radius 1 is 0.594 bits per heavy atom. The van der Waals surface area contributed by atoms with E-state index in [0.29, 0.717) is 41.5 Å². The van der Waals surface area contributed by atoms with Crippen LogP contribution in [0, 0.1) is 35.5 Å². The standard InChI is InChI=1S/C30H45N3O2.C29H41N3O2/c1-20(2)17-27-26-18-23-9-7-8-10-24(23)25(26)15-16-33(27)28(34)22-13-11-21(12-14-22)19-32(6)29(35)31-30(3,4)5;1-29(2,3)30-28(34)31(4)18-19-9-11-21(12-10-19)27(33)32-16-15-24-23-8-6-5-7-22(23)17-25(24)26(32)20-13-14-20/h7-10,20-22,27H,11-19H2,1-6H3,(H,31,35);5-8,19-21,26H,9-18H2,1-4H3,(H,30,34). The number of rotatable bonds is 9. The third-order valence-electron chi connectivity index (χ3n) is 16.3. The van der Waals surface area contributed by atoms with Crippen LogP contribution in [0.4, 0.5) is 9.59 Å². The minimum atomic E-state index is -0.230. The molecule has 2 aliphatic heterocycles. The monoisotopic (exact) mass is 943 g/mol. The van der Waals surface area contributed by atoms with E-state index in [4.69, 9.17) is 0 Å². The van der Waals surface area contributed by atoms with E-state index in [1.54, 1.807) is 5.57 Å². The molecule has 10 nitrogen and oxygen atoms in total. The predicted octanol–water partition coefficient (Wildman–Crippen LogP) is 11.1. The summed E-state index contributed by atoms with van der Waals surface area (Å²) in [5.41, 5.74) is 11.4. The van der Waals surface area contributed by atoms with Crippen molar-refractivity contribution >= 4 is 35.0 Å². The second kappa shape index (κ2) is 21.0. The zero-order valence-electron chi connectivity index (χ0n) is 44.1. The van der Waals surface area contributed by atoms with E-state index < -0.39 is 0 Å². The number of amides is 6. The van der Waals surface area contributed by atoms with Crippen LogP contribution in [0.3, 0.4) is 0 Å². The molecule has 0 bridgehead atoms. The summed E-state index contributed by atoms with van der Waals surface area (Å²) in [6.07, 6.45) is 15.5. The first kappa shape index (κ1) is 50.8. The topological polar surface area (TPSA) is 105 Å². The summed E-state index contributed by atoms with van der Waals surface area (Å²) in [5.74, 6) is 3.22. The van der Waals surface area contributed by atoms with Crippen molar-refractivity contribution in [2.24, 2.45) is 35.5 Å². The molecule has 0 radical (unpaired) electrons. The van der Waals surface area contributed by atoms with Crippen molar-refractivity contribution in [1.82, 2.24) is 30.2 Å². The Labute approximate surface area is 415 Å². The van der Waals surface area contributed by atoms with Gasteiger partial charge in [0, 0.05) is 63.2 Å². The Kier molecular flexibility index (Phi) is 15.5. The van der Waals surface area contributed by atoms with Crippen LogP contribution in [-0.2, 0) is 22.4 Å². The Morgan fingerprint density at radius 3 is 1.46 bits per heavy atom. The summed E-state index contributed by atoms with van der Waals surface area (Å²) >= 11 is 0. The van der Waals surface area contributed by atoms with Crippen molar-refractivity contribution in [3.8, 4) is 0 Å². The maximum atomic E-state index is 13.8. The largest absolute Gasteiger partial charge is 0.335 e. The summed E-state index contributed by atoms with van der Waals surface area (Å²) in [6, 6.07) is 18.2.